The van der Waals surface area contributed by atoms with Crippen LogP contribution < -0.4 is 14.8 Å². The molecule has 3 aromatic rings. The van der Waals surface area contributed by atoms with Crippen LogP contribution in [0.15, 0.2) is 36.7 Å². The lowest BCUT2D eigenvalue weighted by molar-refractivity contribution is 0.0908. The van der Waals surface area contributed by atoms with E-state index in [4.69, 9.17) is 14.5 Å². The van der Waals surface area contributed by atoms with Crippen molar-refractivity contribution in [1.82, 2.24) is 19.7 Å². The molecule has 0 radical (unpaired) electrons. The smallest absolute Gasteiger partial charge is 0.274 e. The van der Waals surface area contributed by atoms with Crippen LogP contribution in [0.1, 0.15) is 67.2 Å². The van der Waals surface area contributed by atoms with Crippen molar-refractivity contribution in [1.29, 1.82) is 0 Å². The number of imidazole rings is 1. The number of hydrogen-bond donors (Lipinski definition) is 1. The lowest BCUT2D eigenvalue weighted by Crippen LogP contribution is -2.41. The van der Waals surface area contributed by atoms with Crippen molar-refractivity contribution >= 4 is 11.6 Å². The van der Waals surface area contributed by atoms with Crippen molar-refractivity contribution in [3.05, 3.63) is 53.6 Å². The number of methoxy groups -OCH3 is 1. The highest BCUT2D eigenvalue weighted by Gasteiger charge is 2.30. The summed E-state index contributed by atoms with van der Waals surface area (Å²) in [5.74, 6) is 1.65. The Morgan fingerprint density at radius 1 is 1.20 bits per heavy atom. The summed E-state index contributed by atoms with van der Waals surface area (Å²) in [7, 11) is 1.62. The van der Waals surface area contributed by atoms with E-state index in [0.717, 1.165) is 42.7 Å². The number of fused-ring (bicyclic) bond motifs is 1. The number of hydrogen-bond acceptors (Lipinski definition) is 5. The average molecular weight is 406 g/mol. The highest BCUT2D eigenvalue weighted by atomic mass is 16.5. The van der Waals surface area contributed by atoms with Gasteiger partial charge < -0.3 is 14.8 Å². The molecule has 0 aliphatic heterocycles. The van der Waals surface area contributed by atoms with E-state index in [9.17, 15) is 4.79 Å². The molecule has 0 atom stereocenters. The third-order valence-electron chi connectivity index (χ3n) is 5.71. The fraction of sp³-hybridized carbons (Fsp3) is 0.435. The Bertz CT molecular complexity index is 1110. The molecule has 30 heavy (non-hydrogen) atoms. The van der Waals surface area contributed by atoms with Crippen LogP contribution >= 0.6 is 0 Å². The first-order valence-electron chi connectivity index (χ1n) is 10.5. The van der Waals surface area contributed by atoms with Crippen LogP contribution in [-0.4, -0.2) is 33.5 Å². The maximum Gasteiger partial charge on any atom is 0.274 e. The molecule has 156 valence electrons. The van der Waals surface area contributed by atoms with Gasteiger partial charge >= 0.3 is 0 Å². The molecule has 1 aromatic carbocycles. The van der Waals surface area contributed by atoms with E-state index < -0.39 is 5.54 Å². The highest BCUT2D eigenvalue weighted by Crippen LogP contribution is 2.40. The Morgan fingerprint density at radius 3 is 2.70 bits per heavy atom. The zero-order valence-corrected chi connectivity index (χ0v) is 17.5. The van der Waals surface area contributed by atoms with Crippen LogP contribution in [-0.2, 0) is 5.54 Å². The summed E-state index contributed by atoms with van der Waals surface area (Å²) < 4.78 is 13.1. The van der Waals surface area contributed by atoms with Crippen molar-refractivity contribution in [2.75, 3.05) is 7.11 Å². The van der Waals surface area contributed by atoms with Gasteiger partial charge in [-0.1, -0.05) is 12.1 Å². The summed E-state index contributed by atoms with van der Waals surface area (Å²) in [6, 6.07) is 9.84. The van der Waals surface area contributed by atoms with Gasteiger partial charge in [0.05, 0.1) is 24.4 Å². The summed E-state index contributed by atoms with van der Waals surface area (Å²) in [5, 5.41) is 3.11. The van der Waals surface area contributed by atoms with Gasteiger partial charge in [-0.3, -0.25) is 9.20 Å². The molecule has 0 unspecified atom stereocenters. The molecule has 0 spiro atoms. The van der Waals surface area contributed by atoms with E-state index in [0.29, 0.717) is 29.2 Å². The maximum atomic E-state index is 13.2. The fourth-order valence-electron chi connectivity index (χ4n) is 3.62. The number of nitrogens with one attached hydrogen (secondary N) is 1. The first-order valence-corrected chi connectivity index (χ1v) is 10.5. The van der Waals surface area contributed by atoms with Crippen LogP contribution in [0.5, 0.6) is 11.6 Å². The lowest BCUT2D eigenvalue weighted by Gasteiger charge is -2.27. The van der Waals surface area contributed by atoms with Crippen LogP contribution in [0.25, 0.3) is 5.65 Å². The molecular formula is C23H26N4O3. The minimum absolute atomic E-state index is 0.265. The first-order chi connectivity index (χ1) is 14.4. The number of amides is 1. The Balaban J connectivity index is 1.43. The van der Waals surface area contributed by atoms with Gasteiger partial charge in [0.2, 0.25) is 5.88 Å². The molecule has 2 aliphatic carbocycles. The number of rotatable bonds is 7. The molecule has 2 aromatic heterocycles. The van der Waals surface area contributed by atoms with E-state index in [2.05, 4.69) is 10.3 Å². The van der Waals surface area contributed by atoms with Crippen molar-refractivity contribution in [3.8, 4) is 11.6 Å². The number of carbonyl (C=O) groups is 1. The summed E-state index contributed by atoms with van der Waals surface area (Å²) in [4.78, 5) is 22.3. The zero-order valence-electron chi connectivity index (χ0n) is 17.5. The van der Waals surface area contributed by atoms with Crippen LogP contribution in [0.2, 0.25) is 0 Å². The molecular weight excluding hydrogens is 380 g/mol. The highest BCUT2D eigenvalue weighted by molar-refractivity contribution is 5.98. The second kappa shape index (κ2) is 7.00. The Labute approximate surface area is 175 Å². The zero-order chi connectivity index (χ0) is 20.9. The molecule has 0 saturated heterocycles. The summed E-state index contributed by atoms with van der Waals surface area (Å²) >= 11 is 0. The largest absolute Gasteiger partial charge is 0.490 e. The molecule has 2 aliphatic rings. The second-order valence-corrected chi connectivity index (χ2v) is 8.71. The van der Waals surface area contributed by atoms with Crippen molar-refractivity contribution in [2.45, 2.75) is 57.1 Å². The number of aromatic nitrogens is 3. The predicted octanol–water partition coefficient (Wildman–Crippen LogP) is 3.82. The van der Waals surface area contributed by atoms with Gasteiger partial charge in [0.1, 0.15) is 12.1 Å². The Kier molecular flexibility index (Phi) is 4.41. The maximum absolute atomic E-state index is 13.2. The van der Waals surface area contributed by atoms with Gasteiger partial charge in [0.25, 0.3) is 5.91 Å². The third kappa shape index (κ3) is 3.60. The van der Waals surface area contributed by atoms with Gasteiger partial charge in [-0.15, -0.1) is 0 Å². The SMILES string of the molecule is COc1cc(C2CC2)nc2c(C(=O)NC(C)(C)c3cccc(OC4CC4)c3)ncn12. The number of nitrogens with zero attached hydrogens (tertiary/aromatic N) is 3. The fourth-order valence-corrected chi connectivity index (χ4v) is 3.62. The van der Waals surface area contributed by atoms with E-state index in [1.165, 1.54) is 0 Å². The lowest BCUT2D eigenvalue weighted by atomic mass is 9.94. The molecule has 7 heteroatoms. The average Bonchev–Trinajstić information content (AvgIpc) is 3.65. The molecule has 7 nitrogen and oxygen atoms in total. The third-order valence-corrected chi connectivity index (χ3v) is 5.71. The van der Waals surface area contributed by atoms with E-state index >= 15 is 0 Å². The minimum atomic E-state index is -0.603. The monoisotopic (exact) mass is 406 g/mol. The quantitative estimate of drug-likeness (QED) is 0.645. The van der Waals surface area contributed by atoms with Gasteiger partial charge in [0, 0.05) is 12.0 Å². The van der Waals surface area contributed by atoms with E-state index in [1.807, 2.05) is 44.2 Å². The number of ether oxygens (including phenoxy) is 2. The molecule has 2 fully saturated rings. The number of carbonyl (C=O) groups excluding carboxylic acids is 1. The molecule has 2 saturated carbocycles. The van der Waals surface area contributed by atoms with Crippen molar-refractivity contribution in [2.24, 2.45) is 0 Å². The van der Waals surface area contributed by atoms with E-state index in [-0.39, 0.29) is 5.91 Å². The molecule has 1 amide bonds. The number of benzene rings is 1. The molecule has 2 heterocycles. The standard InChI is InChI=1S/C23H26N4O3/c1-23(2,15-5-4-6-17(11-15)30-16-9-10-16)26-22(28)20-21-25-18(14-7-8-14)12-19(29-3)27(21)13-24-20/h4-6,11-14,16H,7-10H2,1-3H3,(H,26,28). The first kappa shape index (κ1) is 18.9. The molecule has 5 rings (SSSR count). The van der Waals surface area contributed by atoms with Gasteiger partial charge in [-0.2, -0.15) is 0 Å². The summed E-state index contributed by atoms with van der Waals surface area (Å²) in [6.07, 6.45) is 6.37. The van der Waals surface area contributed by atoms with Crippen LogP contribution in [0.3, 0.4) is 0 Å². The summed E-state index contributed by atoms with van der Waals surface area (Å²) in [5.41, 5.74) is 2.15. The summed E-state index contributed by atoms with van der Waals surface area (Å²) in [6.45, 7) is 3.95. The minimum Gasteiger partial charge on any atom is -0.490 e. The van der Waals surface area contributed by atoms with Crippen LogP contribution in [0, 0.1) is 0 Å². The van der Waals surface area contributed by atoms with Gasteiger partial charge in [-0.05, 0) is 57.2 Å². The van der Waals surface area contributed by atoms with Crippen molar-refractivity contribution < 1.29 is 14.3 Å². The normalized spacial score (nSPS) is 16.5. The molecule has 0 bridgehead atoms. The Hall–Kier alpha value is -3.09. The van der Waals surface area contributed by atoms with Gasteiger partial charge in [-0.25, -0.2) is 9.97 Å². The second-order valence-electron chi connectivity index (χ2n) is 8.71. The topological polar surface area (TPSA) is 77.8 Å². The van der Waals surface area contributed by atoms with Crippen molar-refractivity contribution in [3.63, 3.8) is 0 Å². The predicted molar refractivity (Wildman–Crippen MR) is 112 cm³/mol. The van der Waals surface area contributed by atoms with E-state index in [1.54, 1.807) is 17.8 Å². The van der Waals surface area contributed by atoms with Crippen LogP contribution in [0.4, 0.5) is 0 Å². The van der Waals surface area contributed by atoms with Gasteiger partial charge in [0.15, 0.2) is 11.3 Å². The molecule has 1 N–H and O–H groups in total. The Morgan fingerprint density at radius 2 is 2.00 bits per heavy atom.